The van der Waals surface area contributed by atoms with E-state index in [0.29, 0.717) is 17.5 Å². The van der Waals surface area contributed by atoms with Gasteiger partial charge < -0.3 is 5.32 Å². The predicted molar refractivity (Wildman–Crippen MR) is 81.4 cm³/mol. The Kier molecular flexibility index (Phi) is 3.63. The minimum absolute atomic E-state index is 0.309. The normalized spacial score (nSPS) is 28.8. The van der Waals surface area contributed by atoms with Crippen molar-refractivity contribution in [1.82, 2.24) is 20.0 Å². The second-order valence-electron chi connectivity index (χ2n) is 7.69. The Morgan fingerprint density at radius 3 is 2.65 bits per heavy atom. The van der Waals surface area contributed by atoms with E-state index in [1.165, 1.54) is 24.9 Å². The van der Waals surface area contributed by atoms with Crippen molar-refractivity contribution in [1.29, 1.82) is 0 Å². The summed E-state index contributed by atoms with van der Waals surface area (Å²) in [7, 11) is 2.00. The highest BCUT2D eigenvalue weighted by Crippen LogP contribution is 2.36. The molecule has 4 nitrogen and oxygen atoms in total. The Hall–Kier alpha value is -0.870. The van der Waals surface area contributed by atoms with Gasteiger partial charge in [0.25, 0.3) is 0 Å². The van der Waals surface area contributed by atoms with Crippen LogP contribution in [0.25, 0.3) is 0 Å². The molecule has 112 valence electrons. The molecule has 1 saturated carbocycles. The molecule has 2 atom stereocenters. The van der Waals surface area contributed by atoms with Gasteiger partial charge in [-0.05, 0) is 24.2 Å². The topological polar surface area (TPSA) is 33.1 Å². The van der Waals surface area contributed by atoms with Crippen LogP contribution >= 0.6 is 0 Å². The summed E-state index contributed by atoms with van der Waals surface area (Å²) in [6.45, 7) is 10.4. The van der Waals surface area contributed by atoms with Crippen LogP contribution in [0.15, 0.2) is 12.4 Å². The number of hydrogen-bond acceptors (Lipinski definition) is 3. The Morgan fingerprint density at radius 1 is 1.35 bits per heavy atom. The van der Waals surface area contributed by atoms with Gasteiger partial charge in [0.2, 0.25) is 0 Å². The largest absolute Gasteiger partial charge is 0.311 e. The van der Waals surface area contributed by atoms with E-state index in [0.717, 1.165) is 19.0 Å². The van der Waals surface area contributed by atoms with Gasteiger partial charge in [0, 0.05) is 50.5 Å². The van der Waals surface area contributed by atoms with Crippen LogP contribution in [0.5, 0.6) is 0 Å². The Balaban J connectivity index is 1.73. The molecular formula is C16H28N4. The first-order chi connectivity index (χ1) is 9.43. The Morgan fingerprint density at radius 2 is 2.10 bits per heavy atom. The molecule has 0 bridgehead atoms. The molecule has 1 aliphatic carbocycles. The molecule has 1 aliphatic heterocycles. The second kappa shape index (κ2) is 5.15. The van der Waals surface area contributed by atoms with E-state index in [1.807, 2.05) is 17.9 Å². The molecule has 1 aromatic rings. The number of rotatable bonds is 3. The third-order valence-electron chi connectivity index (χ3n) is 4.78. The van der Waals surface area contributed by atoms with Gasteiger partial charge in [0.1, 0.15) is 0 Å². The summed E-state index contributed by atoms with van der Waals surface area (Å²) in [5, 5.41) is 8.11. The highest BCUT2D eigenvalue weighted by Gasteiger charge is 2.40. The van der Waals surface area contributed by atoms with Crippen LogP contribution in [0, 0.1) is 11.3 Å². The Bertz CT molecular complexity index is 455. The molecule has 0 amide bonds. The van der Waals surface area contributed by atoms with Crippen molar-refractivity contribution in [3.05, 3.63) is 18.0 Å². The van der Waals surface area contributed by atoms with E-state index < -0.39 is 0 Å². The lowest BCUT2D eigenvalue weighted by atomic mass is 9.83. The average Bonchev–Trinajstić information content (AvgIpc) is 3.13. The van der Waals surface area contributed by atoms with Gasteiger partial charge in [0.05, 0.1) is 6.20 Å². The minimum atomic E-state index is 0.309. The number of hydrogen-bond donors (Lipinski definition) is 1. The lowest BCUT2D eigenvalue weighted by Crippen LogP contribution is -2.60. The van der Waals surface area contributed by atoms with Gasteiger partial charge >= 0.3 is 0 Å². The maximum Gasteiger partial charge on any atom is 0.0534 e. The maximum absolute atomic E-state index is 4.31. The van der Waals surface area contributed by atoms with Crippen molar-refractivity contribution in [2.75, 3.05) is 13.1 Å². The fraction of sp³-hybridized carbons (Fsp3) is 0.812. The number of piperazine rings is 1. The second-order valence-corrected chi connectivity index (χ2v) is 7.69. The van der Waals surface area contributed by atoms with E-state index in [1.54, 1.807) is 0 Å². The molecule has 2 unspecified atom stereocenters. The van der Waals surface area contributed by atoms with Crippen LogP contribution < -0.4 is 5.32 Å². The number of nitrogens with zero attached hydrogens (tertiary/aromatic N) is 3. The van der Waals surface area contributed by atoms with E-state index >= 15 is 0 Å². The summed E-state index contributed by atoms with van der Waals surface area (Å²) in [6, 6.07) is 1.29. The van der Waals surface area contributed by atoms with Crippen molar-refractivity contribution in [2.24, 2.45) is 18.4 Å². The number of nitrogens with one attached hydrogen (secondary N) is 1. The van der Waals surface area contributed by atoms with Crippen molar-refractivity contribution in [2.45, 2.75) is 52.2 Å². The first-order valence-electron chi connectivity index (χ1n) is 7.88. The molecule has 0 spiro atoms. The van der Waals surface area contributed by atoms with Crippen LogP contribution in [0.3, 0.4) is 0 Å². The molecule has 1 saturated heterocycles. The quantitative estimate of drug-likeness (QED) is 0.917. The predicted octanol–water partition coefficient (Wildman–Crippen LogP) is 2.02. The monoisotopic (exact) mass is 276 g/mol. The van der Waals surface area contributed by atoms with E-state index in [4.69, 9.17) is 0 Å². The Labute approximate surface area is 122 Å². The average molecular weight is 276 g/mol. The summed E-state index contributed by atoms with van der Waals surface area (Å²) in [5.74, 6) is 0.923. The molecule has 0 radical (unpaired) electrons. The third-order valence-corrected chi connectivity index (χ3v) is 4.78. The van der Waals surface area contributed by atoms with Gasteiger partial charge in [0.15, 0.2) is 0 Å². The molecule has 20 heavy (non-hydrogen) atoms. The lowest BCUT2D eigenvalue weighted by molar-refractivity contribution is 0.0449. The van der Waals surface area contributed by atoms with Crippen LogP contribution in [0.4, 0.5) is 0 Å². The summed E-state index contributed by atoms with van der Waals surface area (Å²) in [4.78, 5) is 2.68. The zero-order valence-electron chi connectivity index (χ0n) is 13.3. The summed E-state index contributed by atoms with van der Waals surface area (Å²) in [5.41, 5.74) is 1.64. The molecule has 2 fully saturated rings. The fourth-order valence-corrected chi connectivity index (χ4v) is 3.47. The van der Waals surface area contributed by atoms with Crippen molar-refractivity contribution in [3.8, 4) is 0 Å². The molecule has 4 heteroatoms. The smallest absolute Gasteiger partial charge is 0.0534 e. The lowest BCUT2D eigenvalue weighted by Gasteiger charge is -2.46. The zero-order chi connectivity index (χ0) is 14.3. The molecular weight excluding hydrogens is 248 g/mol. The summed E-state index contributed by atoms with van der Waals surface area (Å²) in [6.07, 6.45) is 6.99. The standard InChI is InChI=1S/C16H28N4/c1-16(2,3)15-8-17-14(13-5-6-13)11-20(15)10-12-7-18-19(4)9-12/h7,9,13-15,17H,5-6,8,10-11H2,1-4H3. The molecule has 1 aromatic heterocycles. The van der Waals surface area contributed by atoms with E-state index in [-0.39, 0.29) is 0 Å². The van der Waals surface area contributed by atoms with Gasteiger partial charge in [-0.2, -0.15) is 5.10 Å². The first kappa shape index (κ1) is 14.1. The van der Waals surface area contributed by atoms with Gasteiger partial charge in [-0.25, -0.2) is 0 Å². The molecule has 2 aliphatic rings. The van der Waals surface area contributed by atoms with Crippen LogP contribution in [-0.2, 0) is 13.6 Å². The van der Waals surface area contributed by atoms with Gasteiger partial charge in [-0.1, -0.05) is 20.8 Å². The molecule has 3 rings (SSSR count). The summed E-state index contributed by atoms with van der Waals surface area (Å²) >= 11 is 0. The third kappa shape index (κ3) is 3.07. The maximum atomic E-state index is 4.31. The number of aromatic nitrogens is 2. The number of aryl methyl sites for hydroxylation is 1. The van der Waals surface area contributed by atoms with Crippen LogP contribution in [0.2, 0.25) is 0 Å². The van der Waals surface area contributed by atoms with Gasteiger partial charge in [-0.3, -0.25) is 9.58 Å². The minimum Gasteiger partial charge on any atom is -0.311 e. The highest BCUT2D eigenvalue weighted by molar-refractivity contribution is 5.06. The van der Waals surface area contributed by atoms with Crippen molar-refractivity contribution in [3.63, 3.8) is 0 Å². The molecule has 2 heterocycles. The zero-order valence-corrected chi connectivity index (χ0v) is 13.3. The van der Waals surface area contributed by atoms with Crippen molar-refractivity contribution >= 4 is 0 Å². The van der Waals surface area contributed by atoms with Crippen LogP contribution in [0.1, 0.15) is 39.2 Å². The molecule has 0 aromatic carbocycles. The first-order valence-corrected chi connectivity index (χ1v) is 7.88. The van der Waals surface area contributed by atoms with Gasteiger partial charge in [-0.15, -0.1) is 0 Å². The van der Waals surface area contributed by atoms with E-state index in [2.05, 4.69) is 42.3 Å². The fourth-order valence-electron chi connectivity index (χ4n) is 3.47. The summed E-state index contributed by atoms with van der Waals surface area (Å²) < 4.78 is 1.90. The van der Waals surface area contributed by atoms with E-state index in [9.17, 15) is 0 Å². The van der Waals surface area contributed by atoms with Crippen LogP contribution in [-0.4, -0.2) is 39.9 Å². The highest BCUT2D eigenvalue weighted by atomic mass is 15.3. The molecule has 1 N–H and O–H groups in total. The van der Waals surface area contributed by atoms with Crippen molar-refractivity contribution < 1.29 is 0 Å². The SMILES string of the molecule is Cn1cc(CN2CC(C3CC3)NCC2C(C)(C)C)cn1.